The predicted octanol–water partition coefficient (Wildman–Crippen LogP) is 1.46. The van der Waals surface area contributed by atoms with Crippen LogP contribution in [0.15, 0.2) is 12.4 Å². The van der Waals surface area contributed by atoms with Crippen molar-refractivity contribution in [2.45, 2.75) is 51.8 Å². The lowest BCUT2D eigenvalue weighted by molar-refractivity contribution is 0.00858. The molecule has 0 aliphatic rings. The van der Waals surface area contributed by atoms with E-state index in [1.807, 2.05) is 10.9 Å². The Labute approximate surface area is 104 Å². The van der Waals surface area contributed by atoms with Crippen molar-refractivity contribution >= 4 is 0 Å². The molecule has 5 heteroatoms. The van der Waals surface area contributed by atoms with E-state index in [9.17, 15) is 0 Å². The molecule has 0 aliphatic carbocycles. The van der Waals surface area contributed by atoms with Crippen molar-refractivity contribution in [2.75, 3.05) is 13.7 Å². The van der Waals surface area contributed by atoms with Crippen LogP contribution < -0.4 is 5.32 Å². The van der Waals surface area contributed by atoms with Gasteiger partial charge in [0, 0.05) is 25.9 Å². The molecule has 0 saturated heterocycles. The normalized spacial score (nSPS) is 13.9. The van der Waals surface area contributed by atoms with Gasteiger partial charge >= 0.3 is 0 Å². The molecule has 0 radical (unpaired) electrons. The van der Waals surface area contributed by atoms with E-state index in [2.05, 4.69) is 36.4 Å². The minimum Gasteiger partial charge on any atom is -0.379 e. The Hall–Kier alpha value is -0.940. The molecular weight excluding hydrogens is 216 g/mol. The van der Waals surface area contributed by atoms with Crippen molar-refractivity contribution in [3.05, 3.63) is 12.4 Å². The van der Waals surface area contributed by atoms with Crippen molar-refractivity contribution in [2.24, 2.45) is 0 Å². The van der Waals surface area contributed by atoms with Gasteiger partial charge < -0.3 is 10.1 Å². The van der Waals surface area contributed by atoms with E-state index < -0.39 is 0 Å². The summed E-state index contributed by atoms with van der Waals surface area (Å²) in [6.07, 6.45) is 5.66. The molecule has 1 unspecified atom stereocenters. The Balaban J connectivity index is 2.10. The van der Waals surface area contributed by atoms with Gasteiger partial charge in [-0.3, -0.25) is 4.68 Å². The molecule has 0 fully saturated rings. The maximum Gasteiger partial charge on any atom is 0.0692 e. The summed E-state index contributed by atoms with van der Waals surface area (Å²) in [5, 5.41) is 11.2. The summed E-state index contributed by atoms with van der Waals surface area (Å²) in [6, 6.07) is 0.459. The molecule has 1 heterocycles. The summed E-state index contributed by atoms with van der Waals surface area (Å²) < 4.78 is 7.26. The maximum absolute atomic E-state index is 5.41. The monoisotopic (exact) mass is 240 g/mol. The largest absolute Gasteiger partial charge is 0.379 e. The number of ether oxygens (including phenoxy) is 1. The maximum atomic E-state index is 5.41. The standard InChI is InChI=1S/C12H24N4O/c1-11(10-12(2,3)17-4)13-6-5-8-16-9-7-14-15-16/h7,9,11,13H,5-6,8,10H2,1-4H3. The van der Waals surface area contributed by atoms with Gasteiger partial charge in [-0.05, 0) is 40.2 Å². The average molecular weight is 240 g/mol. The zero-order valence-electron chi connectivity index (χ0n) is 11.3. The molecule has 0 saturated carbocycles. The molecule has 1 atom stereocenters. The van der Waals surface area contributed by atoms with Gasteiger partial charge in [0.25, 0.3) is 0 Å². The zero-order valence-corrected chi connectivity index (χ0v) is 11.3. The van der Waals surface area contributed by atoms with Crippen LogP contribution in [0.1, 0.15) is 33.6 Å². The highest BCUT2D eigenvalue weighted by atomic mass is 16.5. The number of aryl methyl sites for hydroxylation is 1. The van der Waals surface area contributed by atoms with Crippen LogP contribution >= 0.6 is 0 Å². The lowest BCUT2D eigenvalue weighted by Gasteiger charge is -2.27. The number of nitrogens with one attached hydrogen (secondary N) is 1. The minimum atomic E-state index is -0.0572. The van der Waals surface area contributed by atoms with Crippen molar-refractivity contribution in [3.63, 3.8) is 0 Å². The number of methoxy groups -OCH3 is 1. The molecule has 0 amide bonds. The van der Waals surface area contributed by atoms with Gasteiger partial charge in [-0.1, -0.05) is 5.21 Å². The molecule has 0 bridgehead atoms. The zero-order chi connectivity index (χ0) is 12.7. The number of rotatable bonds is 8. The number of nitrogens with zero attached hydrogens (tertiary/aromatic N) is 3. The van der Waals surface area contributed by atoms with E-state index in [-0.39, 0.29) is 5.60 Å². The molecule has 1 aromatic heterocycles. The van der Waals surface area contributed by atoms with Crippen LogP contribution in [-0.4, -0.2) is 40.3 Å². The number of hydrogen-bond donors (Lipinski definition) is 1. The molecular formula is C12H24N4O. The van der Waals surface area contributed by atoms with Crippen molar-refractivity contribution in [3.8, 4) is 0 Å². The molecule has 5 nitrogen and oxygen atoms in total. The first kappa shape index (κ1) is 14.1. The van der Waals surface area contributed by atoms with Gasteiger partial charge in [-0.15, -0.1) is 5.10 Å². The van der Waals surface area contributed by atoms with E-state index in [0.29, 0.717) is 6.04 Å². The van der Waals surface area contributed by atoms with Gasteiger partial charge in [0.2, 0.25) is 0 Å². The summed E-state index contributed by atoms with van der Waals surface area (Å²) in [7, 11) is 1.76. The third-order valence-corrected chi connectivity index (χ3v) is 2.88. The van der Waals surface area contributed by atoms with Crippen LogP contribution in [-0.2, 0) is 11.3 Å². The minimum absolute atomic E-state index is 0.0572. The first-order valence-corrected chi connectivity index (χ1v) is 6.16. The number of aromatic nitrogens is 3. The second-order valence-electron chi connectivity index (χ2n) is 5.04. The molecule has 1 aromatic rings. The van der Waals surface area contributed by atoms with Gasteiger partial charge in [0.05, 0.1) is 11.8 Å². The van der Waals surface area contributed by atoms with Gasteiger partial charge in [-0.2, -0.15) is 0 Å². The molecule has 98 valence electrons. The Bertz CT molecular complexity index is 297. The van der Waals surface area contributed by atoms with Crippen molar-refractivity contribution in [1.29, 1.82) is 0 Å². The molecule has 0 spiro atoms. The summed E-state index contributed by atoms with van der Waals surface area (Å²) in [6.45, 7) is 8.31. The average Bonchev–Trinajstić information content (AvgIpc) is 2.77. The van der Waals surface area contributed by atoms with E-state index in [1.165, 1.54) is 0 Å². The van der Waals surface area contributed by atoms with E-state index >= 15 is 0 Å². The second-order valence-corrected chi connectivity index (χ2v) is 5.04. The van der Waals surface area contributed by atoms with Crippen LogP contribution in [0.4, 0.5) is 0 Å². The Morgan fingerprint density at radius 2 is 2.24 bits per heavy atom. The number of hydrogen-bond acceptors (Lipinski definition) is 4. The highest BCUT2D eigenvalue weighted by molar-refractivity contribution is 4.75. The van der Waals surface area contributed by atoms with E-state index in [4.69, 9.17) is 4.74 Å². The van der Waals surface area contributed by atoms with Crippen LogP contribution in [0.5, 0.6) is 0 Å². The lowest BCUT2D eigenvalue weighted by atomic mass is 10.00. The highest BCUT2D eigenvalue weighted by Gasteiger charge is 2.19. The van der Waals surface area contributed by atoms with E-state index in [0.717, 1.165) is 25.9 Å². The molecule has 17 heavy (non-hydrogen) atoms. The van der Waals surface area contributed by atoms with Gasteiger partial charge in [0.1, 0.15) is 0 Å². The third kappa shape index (κ3) is 5.79. The quantitative estimate of drug-likeness (QED) is 0.699. The molecule has 1 N–H and O–H groups in total. The van der Waals surface area contributed by atoms with Crippen LogP contribution in [0.25, 0.3) is 0 Å². The van der Waals surface area contributed by atoms with E-state index in [1.54, 1.807) is 13.3 Å². The SMILES string of the molecule is COC(C)(C)CC(C)NCCCn1ccnn1. The predicted molar refractivity (Wildman–Crippen MR) is 67.8 cm³/mol. The summed E-state index contributed by atoms with van der Waals surface area (Å²) >= 11 is 0. The fourth-order valence-electron chi connectivity index (χ4n) is 1.83. The Morgan fingerprint density at radius 3 is 2.82 bits per heavy atom. The highest BCUT2D eigenvalue weighted by Crippen LogP contribution is 2.15. The topological polar surface area (TPSA) is 52.0 Å². The summed E-state index contributed by atoms with van der Waals surface area (Å²) in [4.78, 5) is 0. The van der Waals surface area contributed by atoms with Crippen molar-refractivity contribution < 1.29 is 4.74 Å². The summed E-state index contributed by atoms with van der Waals surface area (Å²) in [5.74, 6) is 0. The lowest BCUT2D eigenvalue weighted by Crippen LogP contribution is -2.36. The molecule has 0 aromatic carbocycles. The fourth-order valence-corrected chi connectivity index (χ4v) is 1.83. The van der Waals surface area contributed by atoms with Crippen molar-refractivity contribution in [1.82, 2.24) is 20.3 Å². The second kappa shape index (κ2) is 6.71. The first-order chi connectivity index (χ1) is 8.03. The van der Waals surface area contributed by atoms with Gasteiger partial charge in [0.15, 0.2) is 0 Å². The van der Waals surface area contributed by atoms with Crippen LogP contribution in [0.2, 0.25) is 0 Å². The smallest absolute Gasteiger partial charge is 0.0692 e. The third-order valence-electron chi connectivity index (χ3n) is 2.88. The summed E-state index contributed by atoms with van der Waals surface area (Å²) in [5.41, 5.74) is -0.0572. The van der Waals surface area contributed by atoms with Crippen LogP contribution in [0, 0.1) is 0 Å². The van der Waals surface area contributed by atoms with Gasteiger partial charge in [-0.25, -0.2) is 0 Å². The fraction of sp³-hybridized carbons (Fsp3) is 0.833. The first-order valence-electron chi connectivity index (χ1n) is 6.16. The Morgan fingerprint density at radius 1 is 1.47 bits per heavy atom. The Kier molecular flexibility index (Phi) is 5.58. The van der Waals surface area contributed by atoms with Crippen LogP contribution in [0.3, 0.4) is 0 Å². The molecule has 1 rings (SSSR count). The molecule has 0 aliphatic heterocycles.